The SMILES string of the molecule is CC(C)OC(=O)c1cc(I)cc(I)c1OCC(C(=O)[O-])C(F)(F)F. The second-order valence-electron chi connectivity index (χ2n) is 4.94. The molecule has 5 nitrogen and oxygen atoms in total. The number of alkyl halides is 3. The summed E-state index contributed by atoms with van der Waals surface area (Å²) in [6, 6.07) is 2.97. The van der Waals surface area contributed by atoms with Crippen LogP contribution in [0.25, 0.3) is 0 Å². The Balaban J connectivity index is 3.14. The Morgan fingerprint density at radius 3 is 2.29 bits per heavy atom. The molecule has 0 aliphatic carbocycles. The minimum Gasteiger partial charge on any atom is -0.549 e. The first-order chi connectivity index (χ1) is 10.9. The van der Waals surface area contributed by atoms with E-state index in [1.165, 1.54) is 6.07 Å². The molecule has 0 radical (unpaired) electrons. The number of esters is 1. The lowest BCUT2D eigenvalue weighted by Gasteiger charge is -2.22. The van der Waals surface area contributed by atoms with Gasteiger partial charge in [0.1, 0.15) is 23.8 Å². The van der Waals surface area contributed by atoms with Crippen molar-refractivity contribution >= 4 is 57.1 Å². The average molecular weight is 571 g/mol. The third-order valence-electron chi connectivity index (χ3n) is 2.65. The molecule has 1 rings (SSSR count). The third-order valence-corrected chi connectivity index (χ3v) is 4.07. The van der Waals surface area contributed by atoms with Gasteiger partial charge in [0, 0.05) is 3.57 Å². The van der Waals surface area contributed by atoms with Gasteiger partial charge < -0.3 is 19.4 Å². The van der Waals surface area contributed by atoms with Crippen LogP contribution in [0.15, 0.2) is 12.1 Å². The number of hydrogen-bond acceptors (Lipinski definition) is 5. The van der Waals surface area contributed by atoms with Crippen LogP contribution in [0.2, 0.25) is 0 Å². The molecule has 0 amide bonds. The molecule has 1 unspecified atom stereocenters. The Morgan fingerprint density at radius 2 is 1.83 bits per heavy atom. The van der Waals surface area contributed by atoms with Crippen LogP contribution in [0.5, 0.6) is 5.75 Å². The summed E-state index contributed by atoms with van der Waals surface area (Å²) >= 11 is 3.71. The first-order valence-electron chi connectivity index (χ1n) is 6.53. The van der Waals surface area contributed by atoms with Crippen LogP contribution in [0, 0.1) is 13.1 Å². The van der Waals surface area contributed by atoms with E-state index >= 15 is 0 Å². The fourth-order valence-electron chi connectivity index (χ4n) is 1.60. The number of ether oxygens (including phenoxy) is 2. The molecule has 0 aromatic heterocycles. The van der Waals surface area contributed by atoms with E-state index in [9.17, 15) is 27.9 Å². The fraction of sp³-hybridized carbons (Fsp3) is 0.429. The van der Waals surface area contributed by atoms with Gasteiger partial charge in [-0.15, -0.1) is 0 Å². The smallest absolute Gasteiger partial charge is 0.400 e. The largest absolute Gasteiger partial charge is 0.549 e. The summed E-state index contributed by atoms with van der Waals surface area (Å²) in [5.41, 5.74) is -0.0701. The highest BCUT2D eigenvalue weighted by Crippen LogP contribution is 2.32. The van der Waals surface area contributed by atoms with Crippen molar-refractivity contribution < 1.29 is 37.3 Å². The maximum absolute atomic E-state index is 12.7. The Morgan fingerprint density at radius 1 is 1.25 bits per heavy atom. The van der Waals surface area contributed by atoms with Crippen molar-refractivity contribution in [3.05, 3.63) is 24.8 Å². The molecule has 0 spiro atoms. The molecule has 0 N–H and O–H groups in total. The molecule has 0 saturated heterocycles. The third kappa shape index (κ3) is 5.93. The highest BCUT2D eigenvalue weighted by atomic mass is 127. The number of rotatable bonds is 6. The van der Waals surface area contributed by atoms with E-state index in [-0.39, 0.29) is 11.3 Å². The van der Waals surface area contributed by atoms with Crippen molar-refractivity contribution in [2.45, 2.75) is 26.1 Å². The van der Waals surface area contributed by atoms with Gasteiger partial charge in [-0.25, -0.2) is 4.79 Å². The van der Waals surface area contributed by atoms with Crippen LogP contribution in [0.4, 0.5) is 13.2 Å². The lowest BCUT2D eigenvalue weighted by Crippen LogP contribution is -2.44. The molecule has 0 heterocycles. The molecular formula is C14H12F3I2O5-. The highest BCUT2D eigenvalue weighted by molar-refractivity contribution is 14.1. The lowest BCUT2D eigenvalue weighted by molar-refractivity contribution is -0.327. The number of benzene rings is 1. The van der Waals surface area contributed by atoms with Crippen molar-refractivity contribution in [3.63, 3.8) is 0 Å². The topological polar surface area (TPSA) is 75.7 Å². The average Bonchev–Trinajstić information content (AvgIpc) is 2.37. The minimum atomic E-state index is -5.02. The second-order valence-corrected chi connectivity index (χ2v) is 7.35. The number of halogens is 5. The quantitative estimate of drug-likeness (QED) is 0.388. The van der Waals surface area contributed by atoms with Gasteiger partial charge in [0.05, 0.1) is 15.6 Å². The fourth-order valence-corrected chi connectivity index (χ4v) is 3.60. The number of carboxylic acid groups (broad SMARTS) is 1. The van der Waals surface area contributed by atoms with Crippen molar-refractivity contribution in [3.8, 4) is 5.75 Å². The monoisotopic (exact) mass is 571 g/mol. The molecule has 0 saturated carbocycles. The van der Waals surface area contributed by atoms with Gasteiger partial charge >= 0.3 is 12.1 Å². The number of carboxylic acids is 1. The maximum Gasteiger partial charge on any atom is 0.400 e. The van der Waals surface area contributed by atoms with E-state index in [2.05, 4.69) is 0 Å². The van der Waals surface area contributed by atoms with Crippen LogP contribution >= 0.6 is 45.2 Å². The van der Waals surface area contributed by atoms with E-state index in [1.807, 2.05) is 22.6 Å². The number of carbonyl (C=O) groups is 2. The van der Waals surface area contributed by atoms with Crippen LogP contribution in [0.1, 0.15) is 24.2 Å². The van der Waals surface area contributed by atoms with Crippen LogP contribution < -0.4 is 9.84 Å². The van der Waals surface area contributed by atoms with E-state index in [4.69, 9.17) is 9.47 Å². The first kappa shape index (κ1) is 21.3. The van der Waals surface area contributed by atoms with Crippen molar-refractivity contribution in [1.82, 2.24) is 0 Å². The van der Waals surface area contributed by atoms with Gasteiger partial charge in [0.15, 0.2) is 0 Å². The first-order valence-corrected chi connectivity index (χ1v) is 8.69. The molecular weight excluding hydrogens is 559 g/mol. The maximum atomic E-state index is 12.7. The predicted molar refractivity (Wildman–Crippen MR) is 92.5 cm³/mol. The Bertz CT molecular complexity index is 632. The molecule has 134 valence electrons. The number of aliphatic carboxylic acids is 1. The predicted octanol–water partition coefficient (Wildman–Crippen LogP) is 2.77. The molecule has 24 heavy (non-hydrogen) atoms. The summed E-state index contributed by atoms with van der Waals surface area (Å²) in [5.74, 6) is -6.03. The highest BCUT2D eigenvalue weighted by Gasteiger charge is 2.41. The zero-order chi connectivity index (χ0) is 18.7. The van der Waals surface area contributed by atoms with Crippen LogP contribution in [-0.4, -0.2) is 30.8 Å². The van der Waals surface area contributed by atoms with E-state index < -0.39 is 36.7 Å². The molecule has 0 fully saturated rings. The molecule has 1 atom stereocenters. The van der Waals surface area contributed by atoms with Gasteiger partial charge in [0.25, 0.3) is 0 Å². The van der Waals surface area contributed by atoms with Gasteiger partial charge in [-0.05, 0) is 71.2 Å². The minimum absolute atomic E-state index is 0.0701. The van der Waals surface area contributed by atoms with Crippen LogP contribution in [-0.2, 0) is 9.53 Å². The molecule has 0 aliphatic rings. The summed E-state index contributed by atoms with van der Waals surface area (Å²) in [6.45, 7) is 2.03. The van der Waals surface area contributed by atoms with Crippen molar-refractivity contribution in [1.29, 1.82) is 0 Å². The molecule has 1 aromatic rings. The zero-order valence-electron chi connectivity index (χ0n) is 12.4. The number of hydrogen-bond donors (Lipinski definition) is 0. The molecule has 10 heteroatoms. The molecule has 0 aliphatic heterocycles. The van der Waals surface area contributed by atoms with E-state index in [0.29, 0.717) is 7.14 Å². The number of carbonyl (C=O) groups excluding carboxylic acids is 2. The van der Waals surface area contributed by atoms with E-state index in [0.717, 1.165) is 0 Å². The lowest BCUT2D eigenvalue weighted by atomic mass is 10.1. The summed E-state index contributed by atoms with van der Waals surface area (Å²) < 4.78 is 49.1. The summed E-state index contributed by atoms with van der Waals surface area (Å²) in [4.78, 5) is 22.8. The molecule has 0 bridgehead atoms. The van der Waals surface area contributed by atoms with E-state index in [1.54, 1.807) is 42.5 Å². The Kier molecular flexibility index (Phi) is 7.56. The normalized spacial score (nSPS) is 12.8. The van der Waals surface area contributed by atoms with Gasteiger partial charge in [-0.2, -0.15) is 13.2 Å². The zero-order valence-corrected chi connectivity index (χ0v) is 16.8. The molecule has 1 aromatic carbocycles. The van der Waals surface area contributed by atoms with Gasteiger partial charge in [-0.3, -0.25) is 0 Å². The van der Waals surface area contributed by atoms with Crippen molar-refractivity contribution in [2.24, 2.45) is 5.92 Å². The standard InChI is InChI=1S/C14H13F3I2O5/c1-6(2)24-13(22)8-3-7(18)4-10(19)11(8)23-5-9(12(20)21)14(15,16)17/h3-4,6,9H,5H2,1-2H3,(H,20,21)/p-1. The summed E-state index contributed by atoms with van der Waals surface area (Å²) in [7, 11) is 0. The Labute approximate surface area is 163 Å². The van der Waals surface area contributed by atoms with Gasteiger partial charge in [-0.1, -0.05) is 0 Å². The van der Waals surface area contributed by atoms with Crippen LogP contribution in [0.3, 0.4) is 0 Å². The summed E-state index contributed by atoms with van der Waals surface area (Å²) in [5, 5.41) is 10.7. The second kappa shape index (κ2) is 8.54. The Hall–Kier alpha value is -0.790. The van der Waals surface area contributed by atoms with Gasteiger partial charge in [0.2, 0.25) is 0 Å². The summed E-state index contributed by atoms with van der Waals surface area (Å²) in [6.07, 6.45) is -5.46. The van der Waals surface area contributed by atoms with Crippen molar-refractivity contribution in [2.75, 3.05) is 6.61 Å².